The fourth-order valence-corrected chi connectivity index (χ4v) is 0.354. The molecule has 0 saturated heterocycles. The van der Waals surface area contributed by atoms with Gasteiger partial charge in [0.05, 0.1) is 0 Å². The predicted octanol–water partition coefficient (Wildman–Crippen LogP) is 2.00. The summed E-state index contributed by atoms with van der Waals surface area (Å²) < 4.78 is 31.1. The summed E-state index contributed by atoms with van der Waals surface area (Å²) in [6.45, 7) is -0.611. The molecule has 0 amide bonds. The smallest absolute Gasteiger partial charge is 0.266 e. The van der Waals surface area contributed by atoms with E-state index in [-0.39, 0.29) is 12.4 Å². The predicted molar refractivity (Wildman–Crippen MR) is 41.0 cm³/mol. The van der Waals surface area contributed by atoms with Crippen molar-refractivity contribution in [3.05, 3.63) is 0 Å². The normalized spacial score (nSPS) is 15.0. The van der Waals surface area contributed by atoms with Crippen LogP contribution in [0.4, 0.5) is 13.2 Å². The fraction of sp³-hybridized carbons (Fsp3) is 1.00. The van der Waals surface area contributed by atoms with Crippen molar-refractivity contribution < 1.29 is 13.2 Å². The van der Waals surface area contributed by atoms with E-state index in [1.165, 1.54) is 12.8 Å². The number of nitrogens with two attached hydrogens (primary N) is 1. The lowest BCUT2D eigenvalue weighted by Gasteiger charge is -1.78. The zero-order valence-corrected chi connectivity index (χ0v) is 6.92. The van der Waals surface area contributed by atoms with Gasteiger partial charge in [0.25, 0.3) is 6.43 Å². The third-order valence-electron chi connectivity index (χ3n) is 1.15. The van der Waals surface area contributed by atoms with Crippen molar-refractivity contribution in [1.29, 1.82) is 0 Å². The third kappa shape index (κ3) is 13.1. The molecule has 0 atom stereocenters. The molecule has 0 bridgehead atoms. The van der Waals surface area contributed by atoms with E-state index in [1.54, 1.807) is 0 Å². The first-order valence-electron chi connectivity index (χ1n) is 3.24. The van der Waals surface area contributed by atoms with Gasteiger partial charge < -0.3 is 5.73 Å². The maximum Gasteiger partial charge on any atom is 0.266 e. The van der Waals surface area contributed by atoms with Gasteiger partial charge in [0.2, 0.25) is 0 Å². The summed E-state index contributed by atoms with van der Waals surface area (Å²) in [5.41, 5.74) is 5.23. The van der Waals surface area contributed by atoms with Crippen molar-refractivity contribution in [2.45, 2.75) is 19.3 Å². The zero-order chi connectivity index (χ0) is 7.98. The van der Waals surface area contributed by atoms with Gasteiger partial charge in [-0.15, -0.1) is 12.4 Å². The first kappa shape index (κ1) is 13.6. The fourth-order valence-electron chi connectivity index (χ4n) is 0.354. The topological polar surface area (TPSA) is 26.0 Å². The Morgan fingerprint density at radius 1 is 1.36 bits per heavy atom. The molecule has 1 fully saturated rings. The lowest BCUT2D eigenvalue weighted by molar-refractivity contribution is 0.113. The molecule has 0 heterocycles. The van der Waals surface area contributed by atoms with Gasteiger partial charge in [-0.25, -0.2) is 13.2 Å². The molecule has 5 heteroatoms. The molecule has 0 unspecified atom stereocenters. The lowest BCUT2D eigenvalue weighted by atomic mass is 10.5. The molecule has 0 aromatic carbocycles. The molecular weight excluding hydrogens is 179 g/mol. The number of hydrogen-bond acceptors (Lipinski definition) is 1. The molecule has 1 nitrogen and oxygen atoms in total. The van der Waals surface area contributed by atoms with Gasteiger partial charge in [-0.1, -0.05) is 0 Å². The molecule has 70 valence electrons. The van der Waals surface area contributed by atoms with Crippen LogP contribution in [0.15, 0.2) is 0 Å². The maximum atomic E-state index is 10.4. The Labute approximate surface area is 70.6 Å². The lowest BCUT2D eigenvalue weighted by Crippen LogP contribution is -1.98. The van der Waals surface area contributed by atoms with Gasteiger partial charge in [-0.2, -0.15) is 0 Å². The Hall–Kier alpha value is 0.0400. The summed E-state index contributed by atoms with van der Waals surface area (Å²) in [7, 11) is 0. The largest absolute Gasteiger partial charge is 0.330 e. The minimum absolute atomic E-state index is 0. The quantitative estimate of drug-likeness (QED) is 0.710. The summed E-state index contributed by atoms with van der Waals surface area (Å²) in [5.74, 6) is 0.912. The molecule has 11 heavy (non-hydrogen) atoms. The van der Waals surface area contributed by atoms with Gasteiger partial charge in [0, 0.05) is 0 Å². The van der Waals surface area contributed by atoms with E-state index in [9.17, 15) is 13.2 Å². The summed E-state index contributed by atoms with van der Waals surface area (Å²) in [6, 6.07) is 0. The number of rotatable bonds is 2. The Morgan fingerprint density at radius 3 is 1.73 bits per heavy atom. The summed E-state index contributed by atoms with van der Waals surface area (Å²) in [4.78, 5) is 0. The molecule has 2 N–H and O–H groups in total. The third-order valence-corrected chi connectivity index (χ3v) is 1.15. The van der Waals surface area contributed by atoms with Crippen LogP contribution in [0.25, 0.3) is 0 Å². The Bertz CT molecular complexity index is 76.2. The first-order valence-corrected chi connectivity index (χ1v) is 3.24. The monoisotopic (exact) mass is 191 g/mol. The summed E-state index contributed by atoms with van der Waals surface area (Å²) in [5, 5.41) is 0. The zero-order valence-electron chi connectivity index (χ0n) is 6.10. The molecular formula is C6H13ClF3N. The number of halogens is 4. The van der Waals surface area contributed by atoms with Crippen LogP contribution in [0, 0.1) is 5.92 Å². The van der Waals surface area contributed by atoms with Crippen LogP contribution in [0.2, 0.25) is 0 Å². The van der Waals surface area contributed by atoms with Crippen LogP contribution in [-0.2, 0) is 0 Å². The van der Waals surface area contributed by atoms with E-state index in [0.29, 0.717) is 0 Å². The van der Waals surface area contributed by atoms with E-state index < -0.39 is 13.1 Å². The molecule has 1 aliphatic carbocycles. The van der Waals surface area contributed by atoms with Crippen molar-refractivity contribution >= 4 is 12.4 Å². The van der Waals surface area contributed by atoms with Gasteiger partial charge in [-0.05, 0) is 25.3 Å². The Morgan fingerprint density at radius 2 is 1.73 bits per heavy atom. The van der Waals surface area contributed by atoms with Crippen LogP contribution in [0.3, 0.4) is 0 Å². The van der Waals surface area contributed by atoms with E-state index in [1.807, 2.05) is 0 Å². The molecule has 1 rings (SSSR count). The van der Waals surface area contributed by atoms with E-state index in [0.717, 1.165) is 12.5 Å². The number of hydrogen-bond donors (Lipinski definition) is 1. The highest BCUT2D eigenvalue weighted by Gasteiger charge is 2.17. The van der Waals surface area contributed by atoms with Crippen LogP contribution in [0.5, 0.6) is 0 Å². The van der Waals surface area contributed by atoms with Crippen LogP contribution >= 0.6 is 12.4 Å². The van der Waals surface area contributed by atoms with E-state index in [4.69, 9.17) is 5.73 Å². The van der Waals surface area contributed by atoms with Crippen LogP contribution < -0.4 is 5.73 Å². The molecule has 1 saturated carbocycles. The maximum absolute atomic E-state index is 10.4. The van der Waals surface area contributed by atoms with Gasteiger partial charge >= 0.3 is 0 Å². The molecule has 0 aromatic rings. The Balaban J connectivity index is 0. The SMILES string of the molecule is Cl.FCC(F)F.NCC1CC1. The van der Waals surface area contributed by atoms with Crippen molar-refractivity contribution in [2.24, 2.45) is 11.7 Å². The molecule has 0 spiro atoms. The van der Waals surface area contributed by atoms with Crippen molar-refractivity contribution in [3.63, 3.8) is 0 Å². The van der Waals surface area contributed by atoms with Crippen LogP contribution in [-0.4, -0.2) is 19.6 Å². The van der Waals surface area contributed by atoms with Crippen molar-refractivity contribution in [1.82, 2.24) is 0 Å². The highest BCUT2D eigenvalue weighted by molar-refractivity contribution is 5.85. The van der Waals surface area contributed by atoms with Gasteiger partial charge in [-0.3, -0.25) is 0 Å². The second-order valence-electron chi connectivity index (χ2n) is 2.22. The Kier molecular flexibility index (Phi) is 10.1. The van der Waals surface area contributed by atoms with Crippen molar-refractivity contribution in [3.8, 4) is 0 Å². The molecule has 0 radical (unpaired) electrons. The molecule has 0 aliphatic heterocycles. The second kappa shape index (κ2) is 8.14. The average Bonchev–Trinajstić information content (AvgIpc) is 2.70. The second-order valence-corrected chi connectivity index (χ2v) is 2.22. The molecule has 1 aliphatic rings. The molecule has 0 aromatic heterocycles. The van der Waals surface area contributed by atoms with Gasteiger partial charge in [0.1, 0.15) is 0 Å². The standard InChI is InChI=1S/C4H9N.C2H3F3.ClH/c5-3-4-1-2-4;3-1-2(4)5;/h4H,1-3,5H2;2H,1H2;1H. The highest BCUT2D eigenvalue weighted by atomic mass is 35.5. The van der Waals surface area contributed by atoms with E-state index in [2.05, 4.69) is 0 Å². The summed E-state index contributed by atoms with van der Waals surface area (Å²) >= 11 is 0. The number of alkyl halides is 3. The van der Waals surface area contributed by atoms with Crippen molar-refractivity contribution in [2.75, 3.05) is 13.2 Å². The van der Waals surface area contributed by atoms with Crippen LogP contribution in [0.1, 0.15) is 12.8 Å². The average molecular weight is 192 g/mol. The van der Waals surface area contributed by atoms with E-state index >= 15 is 0 Å². The minimum atomic E-state index is -2.78. The summed E-state index contributed by atoms with van der Waals surface area (Å²) in [6.07, 6.45) is -0.0116. The minimum Gasteiger partial charge on any atom is -0.330 e. The van der Waals surface area contributed by atoms with Gasteiger partial charge in [0.15, 0.2) is 6.67 Å². The first-order chi connectivity index (χ1) is 4.70. The highest BCUT2D eigenvalue weighted by Crippen LogP contribution is 2.26.